The summed E-state index contributed by atoms with van der Waals surface area (Å²) in [6.07, 6.45) is 3.19. The van der Waals surface area contributed by atoms with Crippen molar-refractivity contribution in [3.63, 3.8) is 0 Å². The number of rotatable bonds is 5. The van der Waals surface area contributed by atoms with Gasteiger partial charge in [0, 0.05) is 0 Å². The molecule has 0 bridgehead atoms. The SMILES string of the molecule is O=COC(CC1CCNCC1)c1ccccc1. The Hall–Kier alpha value is -1.35. The Morgan fingerprint density at radius 1 is 1.29 bits per heavy atom. The van der Waals surface area contributed by atoms with E-state index < -0.39 is 0 Å². The average Bonchev–Trinajstić information content (AvgIpc) is 2.40. The van der Waals surface area contributed by atoms with Crippen molar-refractivity contribution < 1.29 is 9.53 Å². The third-order valence-corrected chi connectivity index (χ3v) is 3.40. The normalized spacial score (nSPS) is 18.6. The lowest BCUT2D eigenvalue weighted by Gasteiger charge is -2.26. The molecule has 1 fully saturated rings. The number of carbonyl (C=O) groups excluding carboxylic acids is 1. The molecule has 0 aromatic heterocycles. The van der Waals surface area contributed by atoms with Crippen LogP contribution in [-0.2, 0) is 9.53 Å². The Kier molecular flexibility index (Phi) is 4.56. The Balaban J connectivity index is 1.99. The summed E-state index contributed by atoms with van der Waals surface area (Å²) in [5, 5.41) is 3.35. The number of carbonyl (C=O) groups is 1. The van der Waals surface area contributed by atoms with Crippen molar-refractivity contribution in [2.24, 2.45) is 5.92 Å². The van der Waals surface area contributed by atoms with Gasteiger partial charge in [0.2, 0.25) is 0 Å². The van der Waals surface area contributed by atoms with Crippen molar-refractivity contribution in [1.82, 2.24) is 5.32 Å². The monoisotopic (exact) mass is 233 g/mol. The van der Waals surface area contributed by atoms with Gasteiger partial charge >= 0.3 is 0 Å². The van der Waals surface area contributed by atoms with E-state index >= 15 is 0 Å². The van der Waals surface area contributed by atoms with E-state index in [2.05, 4.69) is 5.32 Å². The molecule has 0 aliphatic carbocycles. The molecule has 1 aromatic carbocycles. The van der Waals surface area contributed by atoms with Crippen LogP contribution in [0.3, 0.4) is 0 Å². The number of benzene rings is 1. The van der Waals surface area contributed by atoms with Crippen molar-refractivity contribution in [2.45, 2.75) is 25.4 Å². The standard InChI is InChI=1S/C14H19NO2/c16-11-17-14(13-4-2-1-3-5-13)10-12-6-8-15-9-7-12/h1-5,11-12,14-15H,6-10H2. The summed E-state index contributed by atoms with van der Waals surface area (Å²) in [4.78, 5) is 10.6. The van der Waals surface area contributed by atoms with Crippen molar-refractivity contribution in [1.29, 1.82) is 0 Å². The van der Waals surface area contributed by atoms with E-state index in [0.717, 1.165) is 25.1 Å². The number of ether oxygens (including phenoxy) is 1. The maximum atomic E-state index is 10.6. The largest absolute Gasteiger partial charge is 0.460 e. The maximum Gasteiger partial charge on any atom is 0.293 e. The molecule has 1 N–H and O–H groups in total. The van der Waals surface area contributed by atoms with Crippen LogP contribution >= 0.6 is 0 Å². The van der Waals surface area contributed by atoms with Crippen LogP contribution < -0.4 is 5.32 Å². The smallest absolute Gasteiger partial charge is 0.293 e. The summed E-state index contributed by atoms with van der Waals surface area (Å²) >= 11 is 0. The van der Waals surface area contributed by atoms with Crippen molar-refractivity contribution >= 4 is 6.47 Å². The van der Waals surface area contributed by atoms with Crippen LogP contribution in [0.2, 0.25) is 0 Å². The molecule has 17 heavy (non-hydrogen) atoms. The van der Waals surface area contributed by atoms with E-state index in [1.54, 1.807) is 0 Å². The highest BCUT2D eigenvalue weighted by Crippen LogP contribution is 2.28. The van der Waals surface area contributed by atoms with Gasteiger partial charge in [-0.3, -0.25) is 4.79 Å². The summed E-state index contributed by atoms with van der Waals surface area (Å²) in [6, 6.07) is 9.99. The summed E-state index contributed by atoms with van der Waals surface area (Å²) in [5.74, 6) is 0.654. The van der Waals surface area contributed by atoms with Crippen LogP contribution in [0.5, 0.6) is 0 Å². The Bertz CT molecular complexity index is 333. The van der Waals surface area contributed by atoms with E-state index in [1.807, 2.05) is 30.3 Å². The molecule has 1 atom stereocenters. The third kappa shape index (κ3) is 3.56. The Morgan fingerprint density at radius 3 is 2.65 bits per heavy atom. The molecule has 1 aliphatic rings. The summed E-state index contributed by atoms with van der Waals surface area (Å²) in [6.45, 7) is 2.72. The summed E-state index contributed by atoms with van der Waals surface area (Å²) in [7, 11) is 0. The molecule has 0 radical (unpaired) electrons. The number of piperidine rings is 1. The van der Waals surface area contributed by atoms with Crippen LogP contribution in [0.4, 0.5) is 0 Å². The third-order valence-electron chi connectivity index (χ3n) is 3.40. The highest BCUT2D eigenvalue weighted by atomic mass is 16.5. The molecule has 3 nitrogen and oxygen atoms in total. The van der Waals surface area contributed by atoms with Gasteiger partial charge in [-0.15, -0.1) is 0 Å². The predicted octanol–water partition coefficient (Wildman–Crippen LogP) is 2.29. The van der Waals surface area contributed by atoms with Crippen molar-refractivity contribution in [3.05, 3.63) is 35.9 Å². The van der Waals surface area contributed by atoms with Gasteiger partial charge in [0.1, 0.15) is 6.10 Å². The number of hydrogen-bond donors (Lipinski definition) is 1. The van der Waals surface area contributed by atoms with E-state index in [4.69, 9.17) is 4.74 Å². The fraction of sp³-hybridized carbons (Fsp3) is 0.500. The van der Waals surface area contributed by atoms with Crippen molar-refractivity contribution in [2.75, 3.05) is 13.1 Å². The van der Waals surface area contributed by atoms with Gasteiger partial charge in [0.15, 0.2) is 0 Å². The molecule has 0 spiro atoms. The molecule has 1 aromatic rings. The lowest BCUT2D eigenvalue weighted by molar-refractivity contribution is -0.134. The molecular formula is C14H19NO2. The number of hydrogen-bond acceptors (Lipinski definition) is 3. The zero-order valence-electron chi connectivity index (χ0n) is 9.97. The van der Waals surface area contributed by atoms with Crippen molar-refractivity contribution in [3.8, 4) is 0 Å². The molecule has 1 aliphatic heterocycles. The first-order chi connectivity index (χ1) is 8.40. The van der Waals surface area contributed by atoms with Crippen LogP contribution in [0.25, 0.3) is 0 Å². The van der Waals surface area contributed by atoms with E-state index in [0.29, 0.717) is 12.4 Å². The first kappa shape index (κ1) is 12.1. The second-order valence-electron chi connectivity index (χ2n) is 4.56. The molecule has 3 heteroatoms. The molecular weight excluding hydrogens is 214 g/mol. The van der Waals surface area contributed by atoms with Crippen LogP contribution in [0.15, 0.2) is 30.3 Å². The first-order valence-electron chi connectivity index (χ1n) is 6.25. The summed E-state index contributed by atoms with van der Waals surface area (Å²) < 4.78 is 5.23. The second kappa shape index (κ2) is 6.40. The predicted molar refractivity (Wildman–Crippen MR) is 66.5 cm³/mol. The highest BCUT2D eigenvalue weighted by Gasteiger charge is 2.20. The zero-order valence-corrected chi connectivity index (χ0v) is 9.97. The van der Waals surface area contributed by atoms with E-state index in [1.165, 1.54) is 12.8 Å². The molecule has 92 valence electrons. The van der Waals surface area contributed by atoms with Gasteiger partial charge in [-0.25, -0.2) is 0 Å². The van der Waals surface area contributed by atoms with Crippen LogP contribution in [-0.4, -0.2) is 19.6 Å². The molecule has 2 rings (SSSR count). The minimum Gasteiger partial charge on any atom is -0.460 e. The molecule has 1 heterocycles. The molecule has 0 amide bonds. The van der Waals surface area contributed by atoms with Crippen LogP contribution in [0.1, 0.15) is 30.9 Å². The van der Waals surface area contributed by atoms with Gasteiger partial charge in [-0.1, -0.05) is 30.3 Å². The Labute approximate surface area is 102 Å². The fourth-order valence-electron chi connectivity index (χ4n) is 2.43. The maximum absolute atomic E-state index is 10.6. The quantitative estimate of drug-likeness (QED) is 0.793. The zero-order chi connectivity index (χ0) is 11.9. The molecule has 0 saturated carbocycles. The van der Waals surface area contributed by atoms with Crippen LogP contribution in [0, 0.1) is 5.92 Å². The average molecular weight is 233 g/mol. The first-order valence-corrected chi connectivity index (χ1v) is 6.25. The lowest BCUT2D eigenvalue weighted by Crippen LogP contribution is -2.28. The minimum atomic E-state index is -0.0863. The highest BCUT2D eigenvalue weighted by molar-refractivity contribution is 5.38. The topological polar surface area (TPSA) is 38.3 Å². The van der Waals surface area contributed by atoms with Gasteiger partial charge in [0.25, 0.3) is 6.47 Å². The Morgan fingerprint density at radius 2 is 2.00 bits per heavy atom. The van der Waals surface area contributed by atoms with E-state index in [-0.39, 0.29) is 6.10 Å². The summed E-state index contributed by atoms with van der Waals surface area (Å²) in [5.41, 5.74) is 1.10. The van der Waals surface area contributed by atoms with Gasteiger partial charge in [-0.2, -0.15) is 0 Å². The number of nitrogens with one attached hydrogen (secondary N) is 1. The second-order valence-corrected chi connectivity index (χ2v) is 4.56. The van der Waals surface area contributed by atoms with Gasteiger partial charge in [-0.05, 0) is 43.8 Å². The molecule has 1 unspecified atom stereocenters. The van der Waals surface area contributed by atoms with Gasteiger partial charge in [0.05, 0.1) is 0 Å². The minimum absolute atomic E-state index is 0.0863. The lowest BCUT2D eigenvalue weighted by atomic mass is 9.90. The fourth-order valence-corrected chi connectivity index (χ4v) is 2.43. The van der Waals surface area contributed by atoms with Gasteiger partial charge < -0.3 is 10.1 Å². The van der Waals surface area contributed by atoms with E-state index in [9.17, 15) is 4.79 Å². The molecule has 1 saturated heterocycles.